The van der Waals surface area contributed by atoms with Gasteiger partial charge in [0.15, 0.2) is 0 Å². The molecule has 0 aromatic rings. The van der Waals surface area contributed by atoms with Crippen molar-refractivity contribution in [2.75, 3.05) is 13.1 Å². The van der Waals surface area contributed by atoms with Crippen LogP contribution in [0.25, 0.3) is 0 Å². The molecule has 1 heteroatoms. The van der Waals surface area contributed by atoms with Crippen molar-refractivity contribution in [2.45, 2.75) is 40.5 Å². The van der Waals surface area contributed by atoms with Gasteiger partial charge in [0, 0.05) is 12.3 Å². The molecule has 0 rings (SSSR count). The third kappa shape index (κ3) is 11.5. The second kappa shape index (κ2) is 8.13. The third-order valence-corrected chi connectivity index (χ3v) is 1.60. The van der Waals surface area contributed by atoms with Crippen molar-refractivity contribution in [1.29, 1.82) is 0 Å². The zero-order valence-electron chi connectivity index (χ0n) is 9.48. The lowest BCUT2D eigenvalue weighted by Gasteiger charge is -2.05. The lowest BCUT2D eigenvalue weighted by atomic mass is 10.2. The summed E-state index contributed by atoms with van der Waals surface area (Å²) < 4.78 is 0. The highest BCUT2D eigenvalue weighted by atomic mass is 14.8. The van der Waals surface area contributed by atoms with Crippen LogP contribution in [0, 0.1) is 23.7 Å². The monoisotopic (exact) mass is 181 g/mol. The third-order valence-electron chi connectivity index (χ3n) is 1.60. The van der Waals surface area contributed by atoms with Crippen molar-refractivity contribution in [3.05, 3.63) is 0 Å². The molecule has 0 aliphatic carbocycles. The van der Waals surface area contributed by atoms with Crippen molar-refractivity contribution in [3.8, 4) is 11.8 Å². The zero-order valence-corrected chi connectivity index (χ0v) is 9.48. The SMILES string of the molecule is CC(C)C#CCCCNCC(C)C. The van der Waals surface area contributed by atoms with Gasteiger partial charge in [-0.2, -0.15) is 0 Å². The topological polar surface area (TPSA) is 12.0 Å². The molecule has 0 radical (unpaired) electrons. The Labute approximate surface area is 83.3 Å². The van der Waals surface area contributed by atoms with Crippen molar-refractivity contribution < 1.29 is 0 Å². The quantitative estimate of drug-likeness (QED) is 0.508. The van der Waals surface area contributed by atoms with Crippen LogP contribution >= 0.6 is 0 Å². The summed E-state index contributed by atoms with van der Waals surface area (Å²) in [4.78, 5) is 0. The molecule has 0 heterocycles. The van der Waals surface area contributed by atoms with Crippen molar-refractivity contribution in [1.82, 2.24) is 5.32 Å². The van der Waals surface area contributed by atoms with Gasteiger partial charge in [-0.25, -0.2) is 0 Å². The summed E-state index contributed by atoms with van der Waals surface area (Å²) in [6, 6.07) is 0. The summed E-state index contributed by atoms with van der Waals surface area (Å²) in [5.41, 5.74) is 0. The standard InChI is InChI=1S/C12H23N/c1-11(2)8-6-5-7-9-13-10-12(3)4/h11-13H,5,7,9-10H2,1-4H3. The Morgan fingerprint density at radius 1 is 1.15 bits per heavy atom. The minimum atomic E-state index is 0.517. The highest BCUT2D eigenvalue weighted by molar-refractivity contribution is 5.00. The molecule has 0 aromatic heterocycles. The van der Waals surface area contributed by atoms with Crippen LogP contribution in [0.5, 0.6) is 0 Å². The van der Waals surface area contributed by atoms with Crippen LogP contribution in [0.1, 0.15) is 40.5 Å². The number of nitrogens with one attached hydrogen (secondary N) is 1. The Kier molecular flexibility index (Phi) is 7.83. The van der Waals surface area contributed by atoms with E-state index in [0.29, 0.717) is 5.92 Å². The van der Waals surface area contributed by atoms with Crippen LogP contribution in [-0.4, -0.2) is 13.1 Å². The van der Waals surface area contributed by atoms with E-state index in [1.54, 1.807) is 0 Å². The number of unbranched alkanes of at least 4 members (excludes halogenated alkanes) is 1. The van der Waals surface area contributed by atoms with Gasteiger partial charge >= 0.3 is 0 Å². The molecular formula is C12H23N. The van der Waals surface area contributed by atoms with Gasteiger partial charge in [0.05, 0.1) is 0 Å². The normalized spacial score (nSPS) is 10.3. The highest BCUT2D eigenvalue weighted by Crippen LogP contribution is 1.91. The number of hydrogen-bond acceptors (Lipinski definition) is 1. The minimum Gasteiger partial charge on any atom is -0.316 e. The maximum absolute atomic E-state index is 3.41. The molecule has 0 spiro atoms. The first-order chi connectivity index (χ1) is 6.13. The maximum atomic E-state index is 3.41. The lowest BCUT2D eigenvalue weighted by Crippen LogP contribution is -2.20. The molecule has 0 aliphatic heterocycles. The molecule has 0 unspecified atom stereocenters. The van der Waals surface area contributed by atoms with E-state index in [0.717, 1.165) is 25.4 Å². The molecular weight excluding hydrogens is 158 g/mol. The molecule has 0 amide bonds. The number of hydrogen-bond donors (Lipinski definition) is 1. The number of rotatable bonds is 5. The van der Waals surface area contributed by atoms with Gasteiger partial charge in [0.2, 0.25) is 0 Å². The average Bonchev–Trinajstić information content (AvgIpc) is 2.01. The molecule has 0 fully saturated rings. The summed E-state index contributed by atoms with van der Waals surface area (Å²) in [5, 5.41) is 3.41. The van der Waals surface area contributed by atoms with E-state index in [9.17, 15) is 0 Å². The lowest BCUT2D eigenvalue weighted by molar-refractivity contribution is 0.545. The Hall–Kier alpha value is -0.480. The highest BCUT2D eigenvalue weighted by Gasteiger charge is 1.91. The van der Waals surface area contributed by atoms with Gasteiger partial charge in [-0.05, 0) is 25.4 Å². The van der Waals surface area contributed by atoms with E-state index in [1.165, 1.54) is 6.42 Å². The van der Waals surface area contributed by atoms with Gasteiger partial charge in [-0.3, -0.25) is 0 Å². The second-order valence-corrected chi connectivity index (χ2v) is 4.18. The Bertz CT molecular complexity index is 160. The maximum Gasteiger partial charge on any atom is 0.0146 e. The van der Waals surface area contributed by atoms with Gasteiger partial charge in [0.25, 0.3) is 0 Å². The van der Waals surface area contributed by atoms with Gasteiger partial charge in [0.1, 0.15) is 0 Å². The summed E-state index contributed by atoms with van der Waals surface area (Å²) in [6.45, 7) is 10.9. The van der Waals surface area contributed by atoms with Crippen LogP contribution in [0.15, 0.2) is 0 Å². The predicted molar refractivity (Wildman–Crippen MR) is 59.6 cm³/mol. The van der Waals surface area contributed by atoms with E-state index in [-0.39, 0.29) is 0 Å². The van der Waals surface area contributed by atoms with Crippen molar-refractivity contribution >= 4 is 0 Å². The molecule has 0 bridgehead atoms. The first kappa shape index (κ1) is 12.5. The Morgan fingerprint density at radius 2 is 1.85 bits per heavy atom. The summed E-state index contributed by atoms with van der Waals surface area (Å²) in [7, 11) is 0. The molecule has 13 heavy (non-hydrogen) atoms. The van der Waals surface area contributed by atoms with Crippen LogP contribution < -0.4 is 5.32 Å². The van der Waals surface area contributed by atoms with Crippen molar-refractivity contribution in [2.24, 2.45) is 11.8 Å². The fourth-order valence-corrected chi connectivity index (χ4v) is 0.969. The van der Waals surface area contributed by atoms with E-state index in [2.05, 4.69) is 44.9 Å². The van der Waals surface area contributed by atoms with E-state index in [1.807, 2.05) is 0 Å². The van der Waals surface area contributed by atoms with Gasteiger partial charge in [-0.1, -0.05) is 27.7 Å². The first-order valence-corrected chi connectivity index (χ1v) is 5.32. The van der Waals surface area contributed by atoms with Gasteiger partial charge < -0.3 is 5.32 Å². The molecule has 0 saturated carbocycles. The second-order valence-electron chi connectivity index (χ2n) is 4.18. The fraction of sp³-hybridized carbons (Fsp3) is 0.833. The van der Waals surface area contributed by atoms with Gasteiger partial charge in [-0.15, -0.1) is 11.8 Å². The molecule has 0 aromatic carbocycles. The molecule has 1 N–H and O–H groups in total. The molecule has 76 valence electrons. The molecule has 0 aliphatic rings. The summed E-state index contributed by atoms with van der Waals surface area (Å²) >= 11 is 0. The van der Waals surface area contributed by atoms with Crippen LogP contribution in [0.2, 0.25) is 0 Å². The average molecular weight is 181 g/mol. The molecule has 0 atom stereocenters. The Balaban J connectivity index is 3.14. The van der Waals surface area contributed by atoms with E-state index < -0.39 is 0 Å². The minimum absolute atomic E-state index is 0.517. The van der Waals surface area contributed by atoms with Crippen LogP contribution in [0.3, 0.4) is 0 Å². The first-order valence-electron chi connectivity index (χ1n) is 5.32. The Morgan fingerprint density at radius 3 is 2.38 bits per heavy atom. The smallest absolute Gasteiger partial charge is 0.0146 e. The van der Waals surface area contributed by atoms with Crippen LogP contribution in [-0.2, 0) is 0 Å². The van der Waals surface area contributed by atoms with Crippen molar-refractivity contribution in [3.63, 3.8) is 0 Å². The zero-order chi connectivity index (χ0) is 10.1. The molecule has 0 saturated heterocycles. The largest absolute Gasteiger partial charge is 0.316 e. The summed E-state index contributed by atoms with van der Waals surface area (Å²) in [5.74, 6) is 7.62. The predicted octanol–water partition coefficient (Wildman–Crippen LogP) is 2.67. The molecule has 1 nitrogen and oxygen atoms in total. The van der Waals surface area contributed by atoms with Crippen LogP contribution in [0.4, 0.5) is 0 Å². The van der Waals surface area contributed by atoms with E-state index in [4.69, 9.17) is 0 Å². The fourth-order valence-electron chi connectivity index (χ4n) is 0.969. The summed E-state index contributed by atoms with van der Waals surface area (Å²) in [6.07, 6.45) is 2.20. The van der Waals surface area contributed by atoms with E-state index >= 15 is 0 Å².